The number of hydrogen-bond donors (Lipinski definition) is 1. The van der Waals surface area contributed by atoms with Gasteiger partial charge >= 0.3 is 0 Å². The third-order valence-electron chi connectivity index (χ3n) is 3.93. The van der Waals surface area contributed by atoms with Crippen molar-refractivity contribution in [2.75, 3.05) is 18.0 Å². The second-order valence-corrected chi connectivity index (χ2v) is 5.34. The Balaban J connectivity index is 0.00000147. The Bertz CT molecular complexity index is 516. The summed E-state index contributed by atoms with van der Waals surface area (Å²) in [4.78, 5) is 2.56. The molecule has 0 amide bonds. The van der Waals surface area contributed by atoms with E-state index < -0.39 is 0 Å². The minimum Gasteiger partial charge on any atom is -0.371 e. The summed E-state index contributed by atoms with van der Waals surface area (Å²) < 4.78 is 0. The molecular weight excluding hydrogens is 244 g/mol. The first-order valence-corrected chi connectivity index (χ1v) is 7.30. The third kappa shape index (κ3) is 3.40. The second kappa shape index (κ2) is 7.11. The van der Waals surface area contributed by atoms with Crippen molar-refractivity contribution in [1.29, 1.82) is 0 Å². The Kier molecular flexibility index (Phi) is 5.19. The van der Waals surface area contributed by atoms with Gasteiger partial charge in [-0.3, -0.25) is 0 Å². The Morgan fingerprint density at radius 2 is 1.40 bits per heavy atom. The van der Waals surface area contributed by atoms with E-state index in [2.05, 4.69) is 59.5 Å². The van der Waals surface area contributed by atoms with Crippen LogP contribution in [0.5, 0.6) is 0 Å². The summed E-state index contributed by atoms with van der Waals surface area (Å²) in [6, 6.07) is 19.6. The topological polar surface area (TPSA) is 38.2 Å². The molecule has 0 aliphatic carbocycles. The van der Waals surface area contributed by atoms with Crippen molar-refractivity contribution in [3.63, 3.8) is 0 Å². The molecule has 0 aromatic heterocycles. The lowest BCUT2D eigenvalue weighted by atomic mass is 10.0. The van der Waals surface area contributed by atoms with E-state index in [1.165, 1.54) is 49.2 Å². The molecule has 2 aromatic carbocycles. The summed E-state index contributed by atoms with van der Waals surface area (Å²) in [6.07, 6.45) is 5.09. The first kappa shape index (κ1) is 14.6. The predicted molar refractivity (Wildman–Crippen MR) is 86.8 cm³/mol. The number of rotatable bonds is 3. The van der Waals surface area contributed by atoms with E-state index >= 15 is 0 Å². The lowest BCUT2D eigenvalue weighted by molar-refractivity contribution is 0.576. The van der Waals surface area contributed by atoms with Crippen LogP contribution in [0.25, 0.3) is 0 Å². The Labute approximate surface area is 122 Å². The summed E-state index contributed by atoms with van der Waals surface area (Å²) in [5.41, 5.74) is 4.29. The van der Waals surface area contributed by atoms with E-state index in [9.17, 15) is 0 Å². The first-order valence-electron chi connectivity index (χ1n) is 7.30. The zero-order valence-electron chi connectivity index (χ0n) is 12.1. The van der Waals surface area contributed by atoms with Gasteiger partial charge in [-0.25, -0.2) is 0 Å². The van der Waals surface area contributed by atoms with Crippen LogP contribution in [0.2, 0.25) is 0 Å². The maximum atomic E-state index is 2.56. The van der Waals surface area contributed by atoms with Crippen molar-refractivity contribution in [1.82, 2.24) is 6.15 Å². The molecule has 0 saturated carbocycles. The first-order chi connectivity index (χ1) is 9.43. The van der Waals surface area contributed by atoms with Gasteiger partial charge in [0.05, 0.1) is 0 Å². The fraction of sp³-hybridized carbons (Fsp3) is 0.333. The maximum absolute atomic E-state index is 2.56. The van der Waals surface area contributed by atoms with Gasteiger partial charge in [0.2, 0.25) is 0 Å². The van der Waals surface area contributed by atoms with Gasteiger partial charge in [-0.1, -0.05) is 48.5 Å². The molecule has 1 heterocycles. The van der Waals surface area contributed by atoms with Crippen LogP contribution in [-0.2, 0) is 6.42 Å². The maximum Gasteiger partial charge on any atom is 0.0402 e. The minimum atomic E-state index is 0. The van der Waals surface area contributed by atoms with Crippen molar-refractivity contribution < 1.29 is 0 Å². The number of para-hydroxylation sites is 1. The summed E-state index contributed by atoms with van der Waals surface area (Å²) in [7, 11) is 0. The summed E-state index contributed by atoms with van der Waals surface area (Å²) in [6.45, 7) is 2.43. The summed E-state index contributed by atoms with van der Waals surface area (Å²) in [5, 5.41) is 0. The van der Waals surface area contributed by atoms with E-state index in [0.717, 1.165) is 6.42 Å². The molecule has 106 valence electrons. The van der Waals surface area contributed by atoms with E-state index in [0.29, 0.717) is 0 Å². The van der Waals surface area contributed by atoms with Crippen molar-refractivity contribution in [2.24, 2.45) is 0 Å². The molecule has 1 saturated heterocycles. The molecule has 1 aliphatic rings. The van der Waals surface area contributed by atoms with Crippen molar-refractivity contribution in [2.45, 2.75) is 25.7 Å². The second-order valence-electron chi connectivity index (χ2n) is 5.34. The highest BCUT2D eigenvalue weighted by Gasteiger charge is 2.13. The zero-order valence-corrected chi connectivity index (χ0v) is 12.1. The van der Waals surface area contributed by atoms with Crippen LogP contribution < -0.4 is 11.1 Å². The predicted octanol–water partition coefficient (Wildman–Crippen LogP) is 4.43. The molecule has 20 heavy (non-hydrogen) atoms. The summed E-state index contributed by atoms with van der Waals surface area (Å²) >= 11 is 0. The third-order valence-corrected chi connectivity index (χ3v) is 3.93. The number of benzene rings is 2. The van der Waals surface area contributed by atoms with Gasteiger partial charge in [0.1, 0.15) is 0 Å². The standard InChI is InChI=1S/C18H21N.H3N/c1-3-9-16(10-4-1)15-17-11-5-6-12-18(17)19-13-7-2-8-14-19;/h1,3-6,9-12H,2,7-8,13-15H2;1H3. The molecule has 2 aromatic rings. The average Bonchev–Trinajstić information content (AvgIpc) is 2.50. The molecule has 0 radical (unpaired) electrons. The van der Waals surface area contributed by atoms with Crippen LogP contribution in [0.15, 0.2) is 54.6 Å². The Morgan fingerprint density at radius 3 is 2.15 bits per heavy atom. The van der Waals surface area contributed by atoms with Gasteiger partial charge < -0.3 is 11.1 Å². The van der Waals surface area contributed by atoms with E-state index in [4.69, 9.17) is 0 Å². The zero-order chi connectivity index (χ0) is 12.9. The number of anilines is 1. The van der Waals surface area contributed by atoms with E-state index in [-0.39, 0.29) is 6.15 Å². The van der Waals surface area contributed by atoms with Crippen LogP contribution >= 0.6 is 0 Å². The molecule has 0 bridgehead atoms. The Hall–Kier alpha value is -1.80. The van der Waals surface area contributed by atoms with Crippen molar-refractivity contribution in [3.8, 4) is 0 Å². The molecule has 3 rings (SSSR count). The van der Waals surface area contributed by atoms with E-state index in [1.54, 1.807) is 0 Å². The molecule has 1 aliphatic heterocycles. The smallest absolute Gasteiger partial charge is 0.0402 e. The van der Waals surface area contributed by atoms with Crippen LogP contribution in [0.4, 0.5) is 5.69 Å². The van der Waals surface area contributed by atoms with Gasteiger partial charge in [-0.2, -0.15) is 0 Å². The highest BCUT2D eigenvalue weighted by Crippen LogP contribution is 2.26. The molecule has 2 heteroatoms. The molecule has 2 nitrogen and oxygen atoms in total. The molecule has 0 unspecified atom stereocenters. The van der Waals surface area contributed by atoms with Crippen LogP contribution in [0.1, 0.15) is 30.4 Å². The SMILES string of the molecule is N.c1ccc(Cc2ccccc2N2CCCCC2)cc1. The number of piperidine rings is 1. The normalized spacial score (nSPS) is 14.7. The molecule has 3 N–H and O–H groups in total. The quantitative estimate of drug-likeness (QED) is 0.894. The average molecular weight is 268 g/mol. The van der Waals surface area contributed by atoms with Crippen LogP contribution in [-0.4, -0.2) is 13.1 Å². The fourth-order valence-electron chi connectivity index (χ4n) is 2.92. The largest absolute Gasteiger partial charge is 0.371 e. The van der Waals surface area contributed by atoms with Crippen molar-refractivity contribution >= 4 is 5.69 Å². The fourth-order valence-corrected chi connectivity index (χ4v) is 2.92. The Morgan fingerprint density at radius 1 is 0.750 bits per heavy atom. The lowest BCUT2D eigenvalue weighted by Crippen LogP contribution is -2.30. The number of nitrogens with zero attached hydrogens (tertiary/aromatic N) is 1. The monoisotopic (exact) mass is 268 g/mol. The molecule has 1 fully saturated rings. The highest BCUT2D eigenvalue weighted by atomic mass is 15.1. The van der Waals surface area contributed by atoms with Crippen molar-refractivity contribution in [3.05, 3.63) is 65.7 Å². The van der Waals surface area contributed by atoms with Gasteiger partial charge in [0, 0.05) is 18.8 Å². The molecule has 0 spiro atoms. The van der Waals surface area contributed by atoms with Gasteiger partial charge in [-0.05, 0) is 42.9 Å². The lowest BCUT2D eigenvalue weighted by Gasteiger charge is -2.30. The van der Waals surface area contributed by atoms with E-state index in [1.807, 2.05) is 0 Å². The molecular formula is C18H24N2. The highest BCUT2D eigenvalue weighted by molar-refractivity contribution is 5.55. The van der Waals surface area contributed by atoms with Gasteiger partial charge in [0.15, 0.2) is 0 Å². The van der Waals surface area contributed by atoms with Crippen LogP contribution in [0, 0.1) is 0 Å². The van der Waals surface area contributed by atoms with Gasteiger partial charge in [-0.15, -0.1) is 0 Å². The van der Waals surface area contributed by atoms with Crippen LogP contribution in [0.3, 0.4) is 0 Å². The number of hydrogen-bond acceptors (Lipinski definition) is 2. The molecule has 0 atom stereocenters. The van der Waals surface area contributed by atoms with Gasteiger partial charge in [0.25, 0.3) is 0 Å². The minimum absolute atomic E-state index is 0. The summed E-state index contributed by atoms with van der Waals surface area (Å²) in [5.74, 6) is 0.